The molecule has 6 heteroatoms. The molecule has 0 radical (unpaired) electrons. The van der Waals surface area contributed by atoms with Crippen LogP contribution >= 0.6 is 11.8 Å². The molecule has 1 aliphatic rings. The molecule has 1 unspecified atom stereocenters. The van der Waals surface area contributed by atoms with Gasteiger partial charge < -0.3 is 4.90 Å². The zero-order valence-corrected chi connectivity index (χ0v) is 15.5. The van der Waals surface area contributed by atoms with Gasteiger partial charge in [-0.15, -0.1) is 11.8 Å². The van der Waals surface area contributed by atoms with Crippen LogP contribution in [0.15, 0.2) is 54.6 Å². The molecule has 0 saturated carbocycles. The van der Waals surface area contributed by atoms with E-state index >= 15 is 0 Å². The smallest absolute Gasteiger partial charge is 0.261 e. The largest absolute Gasteiger partial charge is 0.315 e. The lowest BCUT2D eigenvalue weighted by molar-refractivity contribution is -0.117. The molecule has 2 aromatic carbocycles. The van der Waals surface area contributed by atoms with E-state index in [1.165, 1.54) is 16.7 Å². The van der Waals surface area contributed by atoms with Crippen molar-refractivity contribution < 1.29 is 14.4 Å². The quantitative estimate of drug-likeness (QED) is 0.736. The minimum atomic E-state index is -0.268. The highest BCUT2D eigenvalue weighted by atomic mass is 32.2. The molecule has 134 valence electrons. The number of carbonyl (C=O) groups excluding carboxylic acids is 3. The molecule has 5 nitrogen and oxygen atoms in total. The highest BCUT2D eigenvalue weighted by molar-refractivity contribution is 8.00. The van der Waals surface area contributed by atoms with E-state index in [1.807, 2.05) is 37.3 Å². The number of nitrogens with zero attached hydrogens (tertiary/aromatic N) is 2. The lowest BCUT2D eigenvalue weighted by Crippen LogP contribution is -2.35. The van der Waals surface area contributed by atoms with Gasteiger partial charge in [-0.3, -0.25) is 19.3 Å². The van der Waals surface area contributed by atoms with Gasteiger partial charge in [0.25, 0.3) is 11.8 Å². The molecular formula is C20H20N2O3S. The van der Waals surface area contributed by atoms with Crippen molar-refractivity contribution in [2.24, 2.45) is 0 Å². The molecule has 0 spiro atoms. The average molecular weight is 368 g/mol. The molecule has 3 amide bonds. The molecule has 0 bridgehead atoms. The number of thioether (sulfide) groups is 1. The van der Waals surface area contributed by atoms with Crippen LogP contribution in [0, 0.1) is 0 Å². The van der Waals surface area contributed by atoms with Gasteiger partial charge in [0.2, 0.25) is 5.91 Å². The van der Waals surface area contributed by atoms with Crippen molar-refractivity contribution in [3.05, 3.63) is 65.7 Å². The summed E-state index contributed by atoms with van der Waals surface area (Å²) in [4.78, 5) is 40.1. The number of hydrogen-bond donors (Lipinski definition) is 0. The molecule has 1 aliphatic heterocycles. The molecular weight excluding hydrogens is 348 g/mol. The van der Waals surface area contributed by atoms with Crippen molar-refractivity contribution in [2.45, 2.75) is 12.2 Å². The third-order valence-corrected chi connectivity index (χ3v) is 5.50. The van der Waals surface area contributed by atoms with Gasteiger partial charge in [0, 0.05) is 25.0 Å². The number of hydrogen-bond acceptors (Lipinski definition) is 4. The number of benzene rings is 2. The van der Waals surface area contributed by atoms with E-state index in [0.717, 1.165) is 5.69 Å². The topological polar surface area (TPSA) is 57.7 Å². The molecule has 0 aliphatic carbocycles. The fourth-order valence-electron chi connectivity index (χ4n) is 2.89. The fourth-order valence-corrected chi connectivity index (χ4v) is 3.83. The summed E-state index contributed by atoms with van der Waals surface area (Å²) in [7, 11) is 1.75. The molecule has 0 saturated heterocycles. The predicted octanol–water partition coefficient (Wildman–Crippen LogP) is 3.07. The summed E-state index contributed by atoms with van der Waals surface area (Å²) in [6.07, 6.45) is 0. The average Bonchev–Trinajstić information content (AvgIpc) is 2.92. The summed E-state index contributed by atoms with van der Waals surface area (Å²) in [5.41, 5.74) is 1.75. The highest BCUT2D eigenvalue weighted by Gasteiger charge is 2.34. The Morgan fingerprint density at radius 2 is 1.54 bits per heavy atom. The highest BCUT2D eigenvalue weighted by Crippen LogP contribution is 2.24. The normalized spacial score (nSPS) is 14.3. The van der Waals surface area contributed by atoms with Crippen LogP contribution in [0.2, 0.25) is 0 Å². The number of anilines is 1. The van der Waals surface area contributed by atoms with Crippen LogP contribution in [0.1, 0.15) is 27.6 Å². The first-order chi connectivity index (χ1) is 12.5. The van der Waals surface area contributed by atoms with Gasteiger partial charge in [0.05, 0.1) is 16.4 Å². The fraction of sp³-hybridized carbons (Fsp3) is 0.250. The standard InChI is InChI=1S/C20H20N2O3S/c1-14(18(23)21(2)15-8-4-3-5-9-15)26-13-12-22-19(24)16-10-6-7-11-17(16)20(22)25/h3-11,14H,12-13H2,1-2H3. The second-order valence-electron chi connectivity index (χ2n) is 6.05. The van der Waals surface area contributed by atoms with E-state index in [0.29, 0.717) is 23.4 Å². The molecule has 3 rings (SSSR count). The molecule has 26 heavy (non-hydrogen) atoms. The first-order valence-electron chi connectivity index (χ1n) is 8.40. The lowest BCUT2D eigenvalue weighted by Gasteiger charge is -2.22. The van der Waals surface area contributed by atoms with Crippen LogP contribution in [0.3, 0.4) is 0 Å². The lowest BCUT2D eigenvalue weighted by atomic mass is 10.1. The Bertz CT molecular complexity index is 803. The molecule has 1 atom stereocenters. The van der Waals surface area contributed by atoms with Crippen molar-refractivity contribution in [1.82, 2.24) is 4.90 Å². The van der Waals surface area contributed by atoms with Crippen molar-refractivity contribution >= 4 is 35.2 Å². The number of fused-ring (bicyclic) bond motifs is 1. The summed E-state index contributed by atoms with van der Waals surface area (Å²) in [6.45, 7) is 2.14. The van der Waals surface area contributed by atoms with Crippen molar-refractivity contribution in [3.8, 4) is 0 Å². The van der Waals surface area contributed by atoms with E-state index in [-0.39, 0.29) is 23.0 Å². The summed E-state index contributed by atoms with van der Waals surface area (Å²) in [5.74, 6) is -0.0113. The number of imide groups is 1. The maximum Gasteiger partial charge on any atom is 0.261 e. The van der Waals surface area contributed by atoms with E-state index in [1.54, 1.807) is 36.2 Å². The third kappa shape index (κ3) is 3.51. The molecule has 1 heterocycles. The minimum absolute atomic E-state index is 0.0106. The Hall–Kier alpha value is -2.60. The van der Waals surface area contributed by atoms with Crippen LogP contribution in [0.4, 0.5) is 5.69 Å². The summed E-state index contributed by atoms with van der Waals surface area (Å²) in [5, 5.41) is -0.268. The van der Waals surface area contributed by atoms with Gasteiger partial charge in [0.15, 0.2) is 0 Å². The zero-order valence-electron chi connectivity index (χ0n) is 14.7. The predicted molar refractivity (Wildman–Crippen MR) is 104 cm³/mol. The first kappa shape index (κ1) is 18.2. The maximum absolute atomic E-state index is 12.5. The number of rotatable bonds is 6. The molecule has 0 N–H and O–H groups in total. The summed E-state index contributed by atoms with van der Waals surface area (Å²) in [6, 6.07) is 16.3. The Morgan fingerprint density at radius 3 is 2.12 bits per heavy atom. The number of carbonyl (C=O) groups is 3. The van der Waals surface area contributed by atoms with Gasteiger partial charge in [-0.25, -0.2) is 0 Å². The zero-order chi connectivity index (χ0) is 18.7. The number of amides is 3. The van der Waals surface area contributed by atoms with Crippen LogP contribution in [-0.4, -0.2) is 47.2 Å². The van der Waals surface area contributed by atoms with Crippen molar-refractivity contribution in [1.29, 1.82) is 0 Å². The van der Waals surface area contributed by atoms with Gasteiger partial charge in [-0.05, 0) is 31.2 Å². The molecule has 2 aromatic rings. The second kappa shape index (κ2) is 7.74. The van der Waals surface area contributed by atoms with Gasteiger partial charge in [-0.2, -0.15) is 0 Å². The minimum Gasteiger partial charge on any atom is -0.315 e. The Morgan fingerprint density at radius 1 is 1.00 bits per heavy atom. The Kier molecular flexibility index (Phi) is 5.42. The van der Waals surface area contributed by atoms with Crippen LogP contribution in [0.5, 0.6) is 0 Å². The third-order valence-electron chi connectivity index (χ3n) is 4.38. The van der Waals surface area contributed by atoms with E-state index < -0.39 is 0 Å². The second-order valence-corrected chi connectivity index (χ2v) is 7.50. The Labute approximate surface area is 157 Å². The van der Waals surface area contributed by atoms with E-state index in [9.17, 15) is 14.4 Å². The number of para-hydroxylation sites is 1. The van der Waals surface area contributed by atoms with Crippen LogP contribution < -0.4 is 4.90 Å². The molecule has 0 aromatic heterocycles. The van der Waals surface area contributed by atoms with E-state index in [2.05, 4.69) is 0 Å². The summed E-state index contributed by atoms with van der Waals surface area (Å²) >= 11 is 1.44. The van der Waals surface area contributed by atoms with Gasteiger partial charge in [-0.1, -0.05) is 30.3 Å². The SMILES string of the molecule is CC(SCCN1C(=O)c2ccccc2C1=O)C(=O)N(C)c1ccccc1. The van der Waals surface area contributed by atoms with E-state index in [4.69, 9.17) is 0 Å². The first-order valence-corrected chi connectivity index (χ1v) is 9.45. The van der Waals surface area contributed by atoms with Gasteiger partial charge in [0.1, 0.15) is 0 Å². The van der Waals surface area contributed by atoms with Crippen LogP contribution in [-0.2, 0) is 4.79 Å². The summed E-state index contributed by atoms with van der Waals surface area (Å²) < 4.78 is 0. The Balaban J connectivity index is 1.54. The maximum atomic E-state index is 12.5. The van der Waals surface area contributed by atoms with Crippen molar-refractivity contribution in [2.75, 3.05) is 24.2 Å². The van der Waals surface area contributed by atoms with Gasteiger partial charge >= 0.3 is 0 Å². The van der Waals surface area contributed by atoms with Crippen molar-refractivity contribution in [3.63, 3.8) is 0 Å². The van der Waals surface area contributed by atoms with Crippen LogP contribution in [0.25, 0.3) is 0 Å². The monoisotopic (exact) mass is 368 g/mol. The molecule has 0 fully saturated rings.